The highest BCUT2D eigenvalue weighted by Gasteiger charge is 2.41. The Labute approximate surface area is 141 Å². The molecule has 7 heteroatoms. The lowest BCUT2D eigenvalue weighted by Crippen LogP contribution is -2.37. The third kappa shape index (κ3) is 2.74. The van der Waals surface area contributed by atoms with Gasteiger partial charge in [0, 0.05) is 6.54 Å². The molecule has 3 rings (SSSR count). The van der Waals surface area contributed by atoms with Crippen LogP contribution in [0.15, 0.2) is 42.5 Å². The van der Waals surface area contributed by atoms with Crippen LogP contribution in [0.2, 0.25) is 0 Å². The van der Waals surface area contributed by atoms with E-state index in [0.717, 1.165) is 6.54 Å². The molecule has 1 aliphatic heterocycles. The molecule has 0 saturated heterocycles. The monoisotopic (exact) mass is 349 g/mol. The summed E-state index contributed by atoms with van der Waals surface area (Å²) in [5.41, 5.74) is 2.29. The second-order valence-electron chi connectivity index (χ2n) is 5.72. The molecule has 1 N–H and O–H groups in total. The third-order valence-electron chi connectivity index (χ3n) is 4.04. The van der Waals surface area contributed by atoms with E-state index in [4.69, 9.17) is 0 Å². The molecule has 0 spiro atoms. The summed E-state index contributed by atoms with van der Waals surface area (Å²) < 4.78 is 42.4. The lowest BCUT2D eigenvalue weighted by molar-refractivity contribution is 0.591. The largest absolute Gasteiger partial charge is 0.330 e. The molecule has 1 heterocycles. The maximum atomic E-state index is 13.4. The second-order valence-corrected chi connectivity index (χ2v) is 7.42. The molecule has 24 heavy (non-hydrogen) atoms. The number of hydrogen-bond donors (Lipinski definition) is 1. The topological polar surface area (TPSA) is 52.6 Å². The molecule has 2 aromatic rings. The van der Waals surface area contributed by atoms with Crippen molar-refractivity contribution in [3.8, 4) is 0 Å². The Morgan fingerprint density at radius 2 is 1.79 bits per heavy atom. The molecule has 0 atom stereocenters. The van der Waals surface area contributed by atoms with Gasteiger partial charge in [-0.2, -0.15) is 8.42 Å². The number of rotatable bonds is 5. The highest BCUT2D eigenvalue weighted by molar-refractivity contribution is 7.95. The van der Waals surface area contributed by atoms with Crippen LogP contribution in [0.4, 0.5) is 21.5 Å². The van der Waals surface area contributed by atoms with Crippen LogP contribution < -0.4 is 13.9 Å². The first-order valence-electron chi connectivity index (χ1n) is 7.79. The number of anilines is 3. The van der Waals surface area contributed by atoms with E-state index >= 15 is 0 Å². The third-order valence-corrected chi connectivity index (χ3v) is 5.84. The molecule has 2 aromatic carbocycles. The average molecular weight is 349 g/mol. The summed E-state index contributed by atoms with van der Waals surface area (Å²) in [6.07, 6.45) is 0.695. The normalized spacial score (nSPS) is 15.6. The number of benzene rings is 2. The highest BCUT2D eigenvalue weighted by atomic mass is 32.2. The van der Waals surface area contributed by atoms with Gasteiger partial charge in [0.15, 0.2) is 0 Å². The minimum atomic E-state index is -3.74. The van der Waals surface area contributed by atoms with Gasteiger partial charge in [0.25, 0.3) is 0 Å². The first kappa shape index (κ1) is 16.7. The van der Waals surface area contributed by atoms with E-state index in [2.05, 4.69) is 5.32 Å². The zero-order valence-electron chi connectivity index (χ0n) is 13.7. The molecule has 0 fully saturated rings. The van der Waals surface area contributed by atoms with Crippen LogP contribution in [-0.2, 0) is 10.2 Å². The molecule has 0 bridgehead atoms. The summed E-state index contributed by atoms with van der Waals surface area (Å²) in [4.78, 5) is 0. The van der Waals surface area contributed by atoms with Gasteiger partial charge in [-0.15, -0.1) is 0 Å². The number of nitrogens with one attached hydrogen (secondary N) is 1. The van der Waals surface area contributed by atoms with Gasteiger partial charge in [0.2, 0.25) is 0 Å². The van der Waals surface area contributed by atoms with Gasteiger partial charge in [0.1, 0.15) is 5.82 Å². The number of nitrogens with zero attached hydrogens (tertiary/aromatic N) is 2. The van der Waals surface area contributed by atoms with Gasteiger partial charge in [-0.25, -0.2) is 8.70 Å². The standard InChI is InChI=1S/C17H20FN3O2S/c1-13-12-14(18)8-9-15(13)21-17-7-4-3-6-16(17)20(24(21,22)23)11-5-10-19-2/h3-4,6-9,12,19H,5,10-11H2,1-2H3. The highest BCUT2D eigenvalue weighted by Crippen LogP contribution is 2.46. The minimum absolute atomic E-state index is 0.382. The lowest BCUT2D eigenvalue weighted by Gasteiger charge is -2.23. The zero-order chi connectivity index (χ0) is 17.3. The van der Waals surface area contributed by atoms with E-state index in [9.17, 15) is 12.8 Å². The van der Waals surface area contributed by atoms with Gasteiger partial charge >= 0.3 is 10.2 Å². The Bertz CT molecular complexity index is 855. The number of hydrogen-bond acceptors (Lipinski definition) is 3. The van der Waals surface area contributed by atoms with E-state index < -0.39 is 10.2 Å². The van der Waals surface area contributed by atoms with Crippen molar-refractivity contribution in [1.29, 1.82) is 0 Å². The molecule has 5 nitrogen and oxygen atoms in total. The predicted molar refractivity (Wildman–Crippen MR) is 94.5 cm³/mol. The smallest absolute Gasteiger partial charge is 0.320 e. The number of para-hydroxylation sites is 2. The van der Waals surface area contributed by atoms with Crippen LogP contribution in [0.5, 0.6) is 0 Å². The van der Waals surface area contributed by atoms with Gasteiger partial charge in [-0.05, 0) is 62.8 Å². The van der Waals surface area contributed by atoms with E-state index in [0.29, 0.717) is 35.6 Å². The first-order valence-corrected chi connectivity index (χ1v) is 9.19. The van der Waals surface area contributed by atoms with Gasteiger partial charge in [-0.1, -0.05) is 12.1 Å². The minimum Gasteiger partial charge on any atom is -0.320 e. The van der Waals surface area contributed by atoms with Crippen molar-refractivity contribution in [2.75, 3.05) is 28.7 Å². The van der Waals surface area contributed by atoms with Crippen molar-refractivity contribution < 1.29 is 12.8 Å². The molecular weight excluding hydrogens is 329 g/mol. The maximum Gasteiger partial charge on any atom is 0.330 e. The first-order chi connectivity index (χ1) is 11.5. The molecule has 1 aliphatic rings. The van der Waals surface area contributed by atoms with Gasteiger partial charge in [-0.3, -0.25) is 4.31 Å². The summed E-state index contributed by atoms with van der Waals surface area (Å²) in [7, 11) is -1.91. The Hall–Kier alpha value is -2.12. The number of halogens is 1. The Morgan fingerprint density at radius 3 is 2.46 bits per heavy atom. The Kier molecular flexibility index (Phi) is 4.47. The number of aryl methyl sites for hydroxylation is 1. The van der Waals surface area contributed by atoms with Crippen LogP contribution in [0.3, 0.4) is 0 Å². The summed E-state index contributed by atoms with van der Waals surface area (Å²) in [5, 5.41) is 3.02. The van der Waals surface area contributed by atoms with Crippen LogP contribution in [0.1, 0.15) is 12.0 Å². The van der Waals surface area contributed by atoms with Crippen molar-refractivity contribution in [2.45, 2.75) is 13.3 Å². The molecular formula is C17H20FN3O2S. The van der Waals surface area contributed by atoms with E-state index in [1.807, 2.05) is 13.1 Å². The quantitative estimate of drug-likeness (QED) is 0.845. The Morgan fingerprint density at radius 1 is 1.08 bits per heavy atom. The molecule has 0 aromatic heterocycles. The fraction of sp³-hybridized carbons (Fsp3) is 0.294. The van der Waals surface area contributed by atoms with Crippen molar-refractivity contribution in [3.63, 3.8) is 0 Å². The summed E-state index contributed by atoms with van der Waals surface area (Å²) in [6.45, 7) is 2.82. The van der Waals surface area contributed by atoms with Crippen LogP contribution in [-0.4, -0.2) is 28.6 Å². The van der Waals surface area contributed by atoms with Gasteiger partial charge < -0.3 is 5.32 Å². The number of fused-ring (bicyclic) bond motifs is 1. The maximum absolute atomic E-state index is 13.4. The Balaban J connectivity index is 2.10. The summed E-state index contributed by atoms with van der Waals surface area (Å²) in [5.74, 6) is -0.382. The average Bonchev–Trinajstić information content (AvgIpc) is 2.76. The van der Waals surface area contributed by atoms with E-state index in [1.165, 1.54) is 26.8 Å². The molecule has 0 aliphatic carbocycles. The molecule has 0 saturated carbocycles. The van der Waals surface area contributed by atoms with Crippen LogP contribution >= 0.6 is 0 Å². The fourth-order valence-corrected chi connectivity index (χ4v) is 4.75. The second kappa shape index (κ2) is 6.41. The molecule has 128 valence electrons. The molecule has 0 amide bonds. The van der Waals surface area contributed by atoms with Crippen molar-refractivity contribution in [2.24, 2.45) is 0 Å². The van der Waals surface area contributed by atoms with Crippen molar-refractivity contribution in [1.82, 2.24) is 5.32 Å². The summed E-state index contributed by atoms with van der Waals surface area (Å²) >= 11 is 0. The fourth-order valence-electron chi connectivity index (χ4n) is 2.93. The van der Waals surface area contributed by atoms with E-state index in [-0.39, 0.29) is 5.82 Å². The SMILES string of the molecule is CNCCCN1c2ccccc2N(c2ccc(F)cc2C)S1(=O)=O. The van der Waals surface area contributed by atoms with E-state index in [1.54, 1.807) is 25.1 Å². The summed E-state index contributed by atoms with van der Waals surface area (Å²) in [6, 6.07) is 11.3. The zero-order valence-corrected chi connectivity index (χ0v) is 14.5. The van der Waals surface area contributed by atoms with Gasteiger partial charge in [0.05, 0.1) is 17.1 Å². The predicted octanol–water partition coefficient (Wildman–Crippen LogP) is 2.95. The van der Waals surface area contributed by atoms with Crippen LogP contribution in [0, 0.1) is 12.7 Å². The molecule has 0 radical (unpaired) electrons. The lowest BCUT2D eigenvalue weighted by atomic mass is 10.1. The van der Waals surface area contributed by atoms with Crippen molar-refractivity contribution >= 4 is 27.3 Å². The molecule has 0 unspecified atom stereocenters. The van der Waals surface area contributed by atoms with Crippen LogP contribution in [0.25, 0.3) is 0 Å². The van der Waals surface area contributed by atoms with Crippen molar-refractivity contribution in [3.05, 3.63) is 53.8 Å².